The maximum atomic E-state index is 14.2. The van der Waals surface area contributed by atoms with Crippen molar-refractivity contribution >= 4 is 22.8 Å². The minimum Gasteiger partial charge on any atom is -0.493 e. The average molecular weight is 474 g/mol. The number of hydrogen-bond acceptors (Lipinski definition) is 4. The van der Waals surface area contributed by atoms with Gasteiger partial charge in [0.15, 0.2) is 5.60 Å². The molecular weight excluding hydrogens is 448 g/mol. The first-order valence-electron chi connectivity index (χ1n) is 11.0. The number of aryl methyl sites for hydroxylation is 2. The number of pyridine rings is 1. The molecule has 1 aromatic heterocycles. The van der Waals surface area contributed by atoms with Crippen LogP contribution in [-0.2, 0) is 11.8 Å². The molecule has 2 heterocycles. The van der Waals surface area contributed by atoms with Gasteiger partial charge in [0.1, 0.15) is 11.6 Å². The van der Waals surface area contributed by atoms with E-state index in [9.17, 15) is 22.7 Å². The van der Waals surface area contributed by atoms with E-state index in [1.54, 1.807) is 31.2 Å². The van der Waals surface area contributed by atoms with Crippen molar-refractivity contribution in [1.29, 1.82) is 0 Å². The molecule has 1 aliphatic heterocycles. The van der Waals surface area contributed by atoms with Crippen molar-refractivity contribution in [2.45, 2.75) is 57.7 Å². The Bertz CT molecular complexity index is 1280. The first-order chi connectivity index (χ1) is 15.8. The molecule has 180 valence electrons. The first kappa shape index (κ1) is 24.1. The van der Waals surface area contributed by atoms with Crippen molar-refractivity contribution < 1.29 is 27.4 Å². The lowest BCUT2D eigenvalue weighted by Gasteiger charge is -2.36. The highest BCUT2D eigenvalue weighted by Crippen LogP contribution is 2.45. The number of benzene rings is 2. The number of aromatic nitrogens is 1. The Balaban J connectivity index is 1.77. The molecule has 0 bridgehead atoms. The van der Waals surface area contributed by atoms with Crippen LogP contribution in [0.5, 0.6) is 5.75 Å². The molecule has 0 fully saturated rings. The van der Waals surface area contributed by atoms with Crippen molar-refractivity contribution in [3.8, 4) is 5.75 Å². The summed E-state index contributed by atoms with van der Waals surface area (Å²) < 4.78 is 62.5. The molecule has 1 N–H and O–H groups in total. The minimum absolute atomic E-state index is 0.289. The van der Waals surface area contributed by atoms with Gasteiger partial charge in [0.05, 0.1) is 17.8 Å². The van der Waals surface area contributed by atoms with Gasteiger partial charge in [-0.1, -0.05) is 19.9 Å². The van der Waals surface area contributed by atoms with Crippen molar-refractivity contribution in [2.75, 3.05) is 6.61 Å². The van der Waals surface area contributed by atoms with E-state index in [-0.39, 0.29) is 5.56 Å². The van der Waals surface area contributed by atoms with Gasteiger partial charge in [-0.15, -0.1) is 0 Å². The summed E-state index contributed by atoms with van der Waals surface area (Å²) in [4.78, 5) is 8.53. The molecule has 0 radical (unpaired) electrons. The summed E-state index contributed by atoms with van der Waals surface area (Å²) in [7, 11) is 0. The highest BCUT2D eigenvalue weighted by Gasteiger charge is 2.55. The number of halogens is 4. The lowest BCUT2D eigenvalue weighted by molar-refractivity contribution is -0.234. The Hall–Kier alpha value is -3.00. The maximum absolute atomic E-state index is 14.2. The van der Waals surface area contributed by atoms with Crippen molar-refractivity contribution in [3.05, 3.63) is 64.6 Å². The van der Waals surface area contributed by atoms with Gasteiger partial charge in [-0.2, -0.15) is 13.2 Å². The molecule has 0 amide bonds. The molecule has 2 aromatic carbocycles. The van der Waals surface area contributed by atoms with Crippen LogP contribution in [0, 0.1) is 19.7 Å². The van der Waals surface area contributed by atoms with E-state index in [4.69, 9.17) is 4.74 Å². The minimum atomic E-state index is -5.02. The highest BCUT2D eigenvalue weighted by molar-refractivity contribution is 5.93. The van der Waals surface area contributed by atoms with E-state index in [0.717, 1.165) is 5.69 Å². The SMILES string of the molecule is Cc1ccc2c(N=CC(O)(CC(C)(C)c3cc(F)cc4c3OCC4)C(F)(F)F)c(C)ccc2n1. The van der Waals surface area contributed by atoms with Crippen molar-refractivity contribution in [1.82, 2.24) is 4.98 Å². The van der Waals surface area contributed by atoms with Crippen molar-refractivity contribution in [2.24, 2.45) is 4.99 Å². The molecule has 3 aromatic rings. The smallest absolute Gasteiger partial charge is 0.422 e. The summed E-state index contributed by atoms with van der Waals surface area (Å²) in [6, 6.07) is 9.52. The largest absolute Gasteiger partial charge is 0.493 e. The van der Waals surface area contributed by atoms with E-state index in [1.807, 2.05) is 6.92 Å². The number of alkyl halides is 3. The third-order valence-corrected chi connectivity index (χ3v) is 6.27. The molecule has 4 nitrogen and oxygen atoms in total. The number of aliphatic imine (C=N–C) groups is 1. The fourth-order valence-electron chi connectivity index (χ4n) is 4.50. The van der Waals surface area contributed by atoms with Gasteiger partial charge in [-0.25, -0.2) is 4.39 Å². The van der Waals surface area contributed by atoms with E-state index in [0.29, 0.717) is 52.7 Å². The van der Waals surface area contributed by atoms with E-state index in [1.165, 1.54) is 26.0 Å². The molecule has 1 atom stereocenters. The number of hydrogen-bond donors (Lipinski definition) is 1. The first-order valence-corrected chi connectivity index (χ1v) is 11.0. The molecule has 34 heavy (non-hydrogen) atoms. The van der Waals surface area contributed by atoms with Gasteiger partial charge in [-0.3, -0.25) is 9.98 Å². The maximum Gasteiger partial charge on any atom is 0.422 e. The summed E-state index contributed by atoms with van der Waals surface area (Å²) in [5.41, 5.74) is -1.32. The summed E-state index contributed by atoms with van der Waals surface area (Å²) in [5.74, 6) is -0.162. The fraction of sp³-hybridized carbons (Fsp3) is 0.385. The van der Waals surface area contributed by atoms with Crippen LogP contribution in [0.3, 0.4) is 0 Å². The Morgan fingerprint density at radius 1 is 1.12 bits per heavy atom. The van der Waals surface area contributed by atoms with Crippen LogP contribution in [0.25, 0.3) is 10.9 Å². The van der Waals surface area contributed by atoms with Crippen LogP contribution in [0.15, 0.2) is 41.4 Å². The van der Waals surface area contributed by atoms with Gasteiger partial charge in [0.25, 0.3) is 0 Å². The van der Waals surface area contributed by atoms with Gasteiger partial charge < -0.3 is 9.84 Å². The molecule has 0 saturated carbocycles. The molecule has 1 unspecified atom stereocenters. The third kappa shape index (κ3) is 4.39. The van der Waals surface area contributed by atoms with Crippen LogP contribution in [0.2, 0.25) is 0 Å². The Morgan fingerprint density at radius 2 is 1.85 bits per heavy atom. The van der Waals surface area contributed by atoms with Crippen LogP contribution in [0.1, 0.15) is 42.7 Å². The number of fused-ring (bicyclic) bond motifs is 2. The topological polar surface area (TPSA) is 54.7 Å². The van der Waals surface area contributed by atoms with Crippen LogP contribution in [0.4, 0.5) is 23.2 Å². The van der Waals surface area contributed by atoms with Gasteiger partial charge >= 0.3 is 6.18 Å². The number of aliphatic hydroxyl groups is 1. The van der Waals surface area contributed by atoms with Gasteiger partial charge in [0, 0.05) is 34.8 Å². The summed E-state index contributed by atoms with van der Waals surface area (Å²) in [5, 5.41) is 11.5. The normalized spacial score (nSPS) is 16.0. The fourth-order valence-corrected chi connectivity index (χ4v) is 4.50. The van der Waals surface area contributed by atoms with E-state index < -0.39 is 29.4 Å². The summed E-state index contributed by atoms with van der Waals surface area (Å²) in [6.07, 6.45) is -4.75. The predicted octanol–water partition coefficient (Wildman–Crippen LogP) is 6.29. The predicted molar refractivity (Wildman–Crippen MR) is 124 cm³/mol. The average Bonchev–Trinajstić information content (AvgIpc) is 3.19. The second-order valence-corrected chi connectivity index (χ2v) is 9.53. The van der Waals surface area contributed by atoms with E-state index in [2.05, 4.69) is 9.98 Å². The zero-order chi connectivity index (χ0) is 24.9. The number of ether oxygens (including phenoxy) is 1. The van der Waals surface area contributed by atoms with E-state index >= 15 is 0 Å². The molecule has 1 aliphatic rings. The second-order valence-electron chi connectivity index (χ2n) is 9.53. The Labute approximate surface area is 195 Å². The van der Waals surface area contributed by atoms with Crippen molar-refractivity contribution in [3.63, 3.8) is 0 Å². The zero-order valence-corrected chi connectivity index (χ0v) is 19.4. The lowest BCUT2D eigenvalue weighted by atomic mass is 9.74. The van der Waals surface area contributed by atoms with Crippen LogP contribution in [-0.4, -0.2) is 34.7 Å². The summed E-state index contributed by atoms with van der Waals surface area (Å²) in [6.45, 7) is 6.95. The molecule has 8 heteroatoms. The van der Waals surface area contributed by atoms with Gasteiger partial charge in [0.2, 0.25) is 0 Å². The molecule has 4 rings (SSSR count). The Morgan fingerprint density at radius 3 is 2.56 bits per heavy atom. The molecule has 0 aliphatic carbocycles. The lowest BCUT2D eigenvalue weighted by Crippen LogP contribution is -2.50. The second kappa shape index (κ2) is 8.34. The monoisotopic (exact) mass is 474 g/mol. The van der Waals surface area contributed by atoms with Crippen LogP contribution >= 0.6 is 0 Å². The van der Waals surface area contributed by atoms with Crippen LogP contribution < -0.4 is 4.74 Å². The third-order valence-electron chi connectivity index (χ3n) is 6.27. The van der Waals surface area contributed by atoms with Gasteiger partial charge in [-0.05, 0) is 61.6 Å². The summed E-state index contributed by atoms with van der Waals surface area (Å²) >= 11 is 0. The number of rotatable bonds is 5. The molecule has 0 saturated heterocycles. The standard InChI is InChI=1S/C26H26F4N2O2/c1-15-5-8-21-19(7-6-16(2)32-21)22(15)31-14-25(33,26(28,29)30)13-24(3,4)20-12-18(27)11-17-9-10-34-23(17)20/h5-8,11-12,14,33H,9-10,13H2,1-4H3. The quantitative estimate of drug-likeness (QED) is 0.349. The number of nitrogens with zero attached hydrogens (tertiary/aromatic N) is 2. The zero-order valence-electron chi connectivity index (χ0n) is 19.4. The molecular formula is C26H26F4N2O2. The Kier molecular flexibility index (Phi) is 5.92. The highest BCUT2D eigenvalue weighted by atomic mass is 19.4. The molecule has 0 spiro atoms.